The minimum absolute atomic E-state index is 0.134. The topological polar surface area (TPSA) is 91.2 Å². The number of aromatic nitrogens is 4. The molecule has 1 aromatic carbocycles. The van der Waals surface area contributed by atoms with Crippen molar-refractivity contribution in [3.63, 3.8) is 0 Å². The van der Waals surface area contributed by atoms with Crippen molar-refractivity contribution in [2.24, 2.45) is 7.05 Å². The Morgan fingerprint density at radius 1 is 1.29 bits per heavy atom. The highest BCUT2D eigenvalue weighted by Gasteiger charge is 2.22. The molecule has 8 nitrogen and oxygen atoms in total. The smallest absolute Gasteiger partial charge is 0.239 e. The molecule has 0 saturated carbocycles. The van der Waals surface area contributed by atoms with Gasteiger partial charge in [0.05, 0.1) is 12.4 Å². The van der Waals surface area contributed by atoms with E-state index in [1.165, 1.54) is 23.1 Å². The second kappa shape index (κ2) is 9.07. The van der Waals surface area contributed by atoms with E-state index >= 15 is 0 Å². The summed E-state index contributed by atoms with van der Waals surface area (Å²) in [6.45, 7) is 3.72. The van der Waals surface area contributed by atoms with E-state index in [2.05, 4.69) is 20.5 Å². The first kappa shape index (κ1) is 20.2. The van der Waals surface area contributed by atoms with Crippen LogP contribution in [0, 0.1) is 0 Å². The molecular weight excluding hydrogens is 398 g/mol. The average molecular weight is 420 g/mol. The number of benzene rings is 1. The van der Waals surface area contributed by atoms with E-state index in [1.54, 1.807) is 13.3 Å². The predicted molar refractivity (Wildman–Crippen MR) is 109 cm³/mol. The van der Waals surface area contributed by atoms with Crippen LogP contribution in [0.15, 0.2) is 41.0 Å². The van der Waals surface area contributed by atoms with Crippen molar-refractivity contribution in [1.29, 1.82) is 0 Å². The highest BCUT2D eigenvalue weighted by atomic mass is 32.2. The number of anilines is 1. The largest absolute Gasteiger partial charge is 0.497 e. The summed E-state index contributed by atoms with van der Waals surface area (Å²) in [5.74, 6) is 1.93. The van der Waals surface area contributed by atoms with Gasteiger partial charge in [0, 0.05) is 24.7 Å². The number of nitrogens with one attached hydrogen (secondary N) is 1. The lowest BCUT2D eigenvalue weighted by molar-refractivity contribution is -0.115. The first-order chi connectivity index (χ1) is 13.5. The number of nitrogens with zero attached hydrogens (tertiary/aromatic N) is 4. The van der Waals surface area contributed by atoms with Crippen molar-refractivity contribution in [2.75, 3.05) is 12.4 Å². The number of carbonyl (C=O) groups excluding carboxylic acids is 1. The van der Waals surface area contributed by atoms with Crippen LogP contribution in [0.3, 0.4) is 0 Å². The maximum absolute atomic E-state index is 12.3. The third-order valence-corrected chi connectivity index (χ3v) is 5.72. The number of thiazole rings is 1. The summed E-state index contributed by atoms with van der Waals surface area (Å²) < 4.78 is 13.0. The molecule has 2 atom stereocenters. The summed E-state index contributed by atoms with van der Waals surface area (Å²) in [7, 11) is 3.47. The van der Waals surface area contributed by atoms with E-state index in [1.807, 2.05) is 55.1 Å². The molecule has 0 bridgehead atoms. The fraction of sp³-hybridized carbons (Fsp3) is 0.333. The average Bonchev–Trinajstić information content (AvgIpc) is 3.32. The Balaban J connectivity index is 1.64. The van der Waals surface area contributed by atoms with Crippen LogP contribution in [0.25, 0.3) is 0 Å². The van der Waals surface area contributed by atoms with Crippen LogP contribution in [0.5, 0.6) is 11.5 Å². The molecule has 28 heavy (non-hydrogen) atoms. The molecular formula is C18H21N5O3S2. The van der Waals surface area contributed by atoms with Crippen LogP contribution in [-0.4, -0.2) is 38.0 Å². The molecule has 2 heterocycles. The van der Waals surface area contributed by atoms with E-state index in [-0.39, 0.29) is 17.3 Å². The summed E-state index contributed by atoms with van der Waals surface area (Å²) in [5.41, 5.74) is 0. The Labute approximate surface area is 171 Å². The van der Waals surface area contributed by atoms with Gasteiger partial charge >= 0.3 is 0 Å². The highest BCUT2D eigenvalue weighted by molar-refractivity contribution is 8.00. The SMILES string of the molecule is COc1cccc(OC(C)c2nnc(SC(C)C(=O)Nc3nccs3)n2C)c1. The van der Waals surface area contributed by atoms with E-state index in [4.69, 9.17) is 9.47 Å². The molecule has 0 aliphatic heterocycles. The first-order valence-corrected chi connectivity index (χ1v) is 10.3. The number of ether oxygens (including phenoxy) is 2. The zero-order valence-corrected chi connectivity index (χ0v) is 17.6. The molecule has 0 radical (unpaired) electrons. The normalized spacial score (nSPS) is 13.0. The predicted octanol–water partition coefficient (Wildman–Crippen LogP) is 3.54. The Morgan fingerprint density at radius 2 is 2.07 bits per heavy atom. The minimum atomic E-state index is -0.353. The Kier molecular flexibility index (Phi) is 6.53. The van der Waals surface area contributed by atoms with Crippen LogP contribution in [0.4, 0.5) is 5.13 Å². The maximum Gasteiger partial charge on any atom is 0.239 e. The molecule has 10 heteroatoms. The van der Waals surface area contributed by atoms with Gasteiger partial charge < -0.3 is 19.4 Å². The van der Waals surface area contributed by atoms with Gasteiger partial charge in [0.2, 0.25) is 5.91 Å². The summed E-state index contributed by atoms with van der Waals surface area (Å²) in [6.07, 6.45) is 1.33. The standard InChI is InChI=1S/C18H21N5O3S2/c1-11(26-14-7-5-6-13(10-14)25-4)15-21-22-18(23(15)3)28-12(2)16(24)20-17-19-8-9-27-17/h5-12H,1-4H3,(H,19,20,24). The fourth-order valence-corrected chi connectivity index (χ4v) is 3.77. The zero-order chi connectivity index (χ0) is 20.1. The summed E-state index contributed by atoms with van der Waals surface area (Å²) >= 11 is 2.71. The molecule has 0 saturated heterocycles. The number of carbonyl (C=O) groups is 1. The first-order valence-electron chi connectivity index (χ1n) is 8.55. The molecule has 0 aliphatic rings. The minimum Gasteiger partial charge on any atom is -0.497 e. The van der Waals surface area contributed by atoms with Gasteiger partial charge in [-0.05, 0) is 26.0 Å². The van der Waals surface area contributed by atoms with Crippen LogP contribution in [0.1, 0.15) is 25.8 Å². The van der Waals surface area contributed by atoms with Gasteiger partial charge in [-0.15, -0.1) is 21.5 Å². The molecule has 1 amide bonds. The van der Waals surface area contributed by atoms with Gasteiger partial charge in [0.1, 0.15) is 11.5 Å². The highest BCUT2D eigenvalue weighted by Crippen LogP contribution is 2.28. The zero-order valence-electron chi connectivity index (χ0n) is 15.9. The van der Waals surface area contributed by atoms with Crippen molar-refractivity contribution in [3.05, 3.63) is 41.7 Å². The Hall–Kier alpha value is -2.59. The van der Waals surface area contributed by atoms with Crippen LogP contribution in [-0.2, 0) is 11.8 Å². The van der Waals surface area contributed by atoms with Crippen LogP contribution >= 0.6 is 23.1 Å². The van der Waals surface area contributed by atoms with Gasteiger partial charge in [-0.25, -0.2) is 4.98 Å². The number of methoxy groups -OCH3 is 1. The lowest BCUT2D eigenvalue weighted by Crippen LogP contribution is -2.22. The summed E-state index contributed by atoms with van der Waals surface area (Å²) in [6, 6.07) is 7.39. The molecule has 2 aromatic heterocycles. The second-order valence-electron chi connectivity index (χ2n) is 5.93. The van der Waals surface area contributed by atoms with Crippen molar-refractivity contribution in [1.82, 2.24) is 19.7 Å². The third kappa shape index (κ3) is 4.82. The van der Waals surface area contributed by atoms with Crippen LogP contribution in [0.2, 0.25) is 0 Å². The van der Waals surface area contributed by atoms with Gasteiger partial charge in [0.15, 0.2) is 22.2 Å². The third-order valence-electron chi connectivity index (χ3n) is 3.90. The maximum atomic E-state index is 12.3. The van der Waals surface area contributed by atoms with Crippen molar-refractivity contribution >= 4 is 34.1 Å². The molecule has 0 aliphatic carbocycles. The van der Waals surface area contributed by atoms with Crippen molar-refractivity contribution in [2.45, 2.75) is 30.4 Å². The number of hydrogen-bond acceptors (Lipinski definition) is 8. The number of rotatable bonds is 8. The van der Waals surface area contributed by atoms with Crippen molar-refractivity contribution in [3.8, 4) is 11.5 Å². The summed E-state index contributed by atoms with van der Waals surface area (Å²) in [5, 5.41) is 13.9. The molecule has 0 fully saturated rings. The van der Waals surface area contributed by atoms with E-state index in [9.17, 15) is 4.79 Å². The van der Waals surface area contributed by atoms with Crippen molar-refractivity contribution < 1.29 is 14.3 Å². The number of amides is 1. The fourth-order valence-electron chi connectivity index (χ4n) is 2.42. The van der Waals surface area contributed by atoms with Gasteiger partial charge in [-0.3, -0.25) is 4.79 Å². The van der Waals surface area contributed by atoms with E-state index in [0.29, 0.717) is 21.9 Å². The quantitative estimate of drug-likeness (QED) is 0.558. The molecule has 1 N–H and O–H groups in total. The molecule has 148 valence electrons. The molecule has 3 rings (SSSR count). The molecule has 3 aromatic rings. The van der Waals surface area contributed by atoms with Gasteiger partial charge in [0.25, 0.3) is 0 Å². The monoisotopic (exact) mass is 419 g/mol. The number of hydrogen-bond donors (Lipinski definition) is 1. The summed E-state index contributed by atoms with van der Waals surface area (Å²) in [4.78, 5) is 16.4. The Bertz CT molecular complexity index is 929. The van der Waals surface area contributed by atoms with E-state index < -0.39 is 0 Å². The lowest BCUT2D eigenvalue weighted by atomic mass is 10.3. The molecule has 0 spiro atoms. The van der Waals surface area contributed by atoms with Crippen LogP contribution < -0.4 is 14.8 Å². The van der Waals surface area contributed by atoms with Gasteiger partial charge in [-0.1, -0.05) is 17.8 Å². The van der Waals surface area contributed by atoms with E-state index in [0.717, 1.165) is 5.75 Å². The number of thioether (sulfide) groups is 1. The molecule has 2 unspecified atom stereocenters. The van der Waals surface area contributed by atoms with Gasteiger partial charge in [-0.2, -0.15) is 0 Å². The second-order valence-corrected chi connectivity index (χ2v) is 8.13. The lowest BCUT2D eigenvalue weighted by Gasteiger charge is -2.15. The Morgan fingerprint density at radius 3 is 2.79 bits per heavy atom.